The van der Waals surface area contributed by atoms with Crippen LogP contribution in [0.3, 0.4) is 0 Å². The van der Waals surface area contributed by atoms with E-state index in [-0.39, 0.29) is 0 Å². The Bertz CT molecular complexity index is 3020. The Balaban J connectivity index is 1.01. The summed E-state index contributed by atoms with van der Waals surface area (Å²) in [4.78, 5) is 12.4. The molecule has 0 fully saturated rings. The van der Waals surface area contributed by atoms with Crippen molar-refractivity contribution in [3.8, 4) is 73.1 Å². The molecule has 8 aromatic carbocycles. The normalized spacial score (nSPS) is 11.8. The van der Waals surface area contributed by atoms with Crippen LogP contribution >= 0.6 is 0 Å². The van der Waals surface area contributed by atoms with Crippen LogP contribution in [0.4, 0.5) is 17.1 Å². The van der Waals surface area contributed by atoms with E-state index in [4.69, 9.17) is 9.97 Å². The van der Waals surface area contributed by atoms with E-state index in [2.05, 4.69) is 191 Å². The summed E-state index contributed by atoms with van der Waals surface area (Å²) in [6.45, 7) is 0. The molecule has 272 valence electrons. The average molecular weight is 741 g/mol. The minimum Gasteiger partial charge on any atom is -0.309 e. The maximum atomic E-state index is 5.04. The first-order valence-corrected chi connectivity index (χ1v) is 19.7. The van der Waals surface area contributed by atoms with Gasteiger partial charge in [0.05, 0.1) is 34.0 Å². The van der Waals surface area contributed by atoms with Gasteiger partial charge in [0, 0.05) is 50.1 Å². The number of nitrogens with zero attached hydrogens (tertiary/aromatic N) is 4. The molecule has 1 aliphatic rings. The van der Waals surface area contributed by atoms with Crippen molar-refractivity contribution in [3.05, 3.63) is 218 Å². The standard InChI is InChI=1S/C54H36N4/c1-4-16-39(17-5-1)47-36-48(56-54(55-47)41-18-6-2-7-19-41)40-30-28-37(29-31-40)38-32-34-43(35-33-38)58-50-26-14-11-23-45(50)52-44-22-10-13-25-49(44)57(42-20-8-3-9-21-42)51-27-15-12-24-46(51)53(52)58/h1-36H. The van der Waals surface area contributed by atoms with Crippen LogP contribution in [0.1, 0.15) is 0 Å². The van der Waals surface area contributed by atoms with Gasteiger partial charge in [0.2, 0.25) is 0 Å². The Morgan fingerprint density at radius 3 is 1.50 bits per heavy atom. The third kappa shape index (κ3) is 5.70. The Hall–Kier alpha value is -7.82. The van der Waals surface area contributed by atoms with Crippen molar-refractivity contribution in [1.82, 2.24) is 14.5 Å². The maximum Gasteiger partial charge on any atom is 0.160 e. The zero-order valence-corrected chi connectivity index (χ0v) is 31.6. The maximum absolute atomic E-state index is 5.04. The van der Waals surface area contributed by atoms with Crippen molar-refractivity contribution in [2.24, 2.45) is 0 Å². The molecule has 1 aliphatic heterocycles. The van der Waals surface area contributed by atoms with Crippen molar-refractivity contribution < 1.29 is 0 Å². The molecule has 0 saturated carbocycles. The summed E-state index contributed by atoms with van der Waals surface area (Å²) in [6, 6.07) is 77.4. The van der Waals surface area contributed by atoms with E-state index in [0.29, 0.717) is 5.82 Å². The molecule has 0 radical (unpaired) electrons. The Kier molecular flexibility index (Phi) is 8.11. The van der Waals surface area contributed by atoms with Gasteiger partial charge in [-0.1, -0.05) is 170 Å². The molecule has 11 rings (SSSR count). The molecule has 4 nitrogen and oxygen atoms in total. The Labute approximate surface area is 337 Å². The number of hydrogen-bond donors (Lipinski definition) is 0. The second-order valence-corrected chi connectivity index (χ2v) is 14.6. The zero-order valence-electron chi connectivity index (χ0n) is 31.6. The van der Waals surface area contributed by atoms with Crippen LogP contribution in [0.25, 0.3) is 84.0 Å². The average Bonchev–Trinajstić information content (AvgIpc) is 3.59. The Morgan fingerprint density at radius 1 is 0.345 bits per heavy atom. The van der Waals surface area contributed by atoms with Crippen LogP contribution in [0.15, 0.2) is 218 Å². The molecule has 3 heterocycles. The van der Waals surface area contributed by atoms with E-state index in [1.807, 2.05) is 36.4 Å². The first kappa shape index (κ1) is 33.5. The number of hydrogen-bond acceptors (Lipinski definition) is 3. The smallest absolute Gasteiger partial charge is 0.160 e. The summed E-state index contributed by atoms with van der Waals surface area (Å²) >= 11 is 0. The second kappa shape index (κ2) is 14.0. The summed E-state index contributed by atoms with van der Waals surface area (Å²) < 4.78 is 2.45. The van der Waals surface area contributed by atoms with Crippen molar-refractivity contribution in [2.45, 2.75) is 0 Å². The molecule has 0 amide bonds. The van der Waals surface area contributed by atoms with Gasteiger partial charge < -0.3 is 9.47 Å². The molecule has 4 heteroatoms. The zero-order chi connectivity index (χ0) is 38.4. The first-order valence-electron chi connectivity index (χ1n) is 19.7. The summed E-state index contributed by atoms with van der Waals surface area (Å²) in [7, 11) is 0. The highest BCUT2D eigenvalue weighted by atomic mass is 15.2. The van der Waals surface area contributed by atoms with E-state index < -0.39 is 0 Å². The highest BCUT2D eigenvalue weighted by Gasteiger charge is 2.31. The summed E-state index contributed by atoms with van der Waals surface area (Å²) in [5.41, 5.74) is 17.7. The number of aromatic nitrogens is 3. The predicted octanol–water partition coefficient (Wildman–Crippen LogP) is 14.2. The summed E-state index contributed by atoms with van der Waals surface area (Å²) in [5, 5.41) is 1.23. The van der Waals surface area contributed by atoms with Crippen LogP contribution in [0, 0.1) is 0 Å². The van der Waals surface area contributed by atoms with Gasteiger partial charge in [0.25, 0.3) is 0 Å². The highest BCUT2D eigenvalue weighted by Crippen LogP contribution is 2.54. The molecular formula is C54H36N4. The van der Waals surface area contributed by atoms with Gasteiger partial charge in [0.1, 0.15) is 0 Å². The van der Waals surface area contributed by atoms with Gasteiger partial charge >= 0.3 is 0 Å². The minimum atomic E-state index is 0.714. The van der Waals surface area contributed by atoms with Gasteiger partial charge in [-0.15, -0.1) is 0 Å². The molecule has 0 bridgehead atoms. The lowest BCUT2D eigenvalue weighted by Crippen LogP contribution is -2.11. The van der Waals surface area contributed by atoms with E-state index in [1.54, 1.807) is 0 Å². The van der Waals surface area contributed by atoms with Gasteiger partial charge in [-0.2, -0.15) is 0 Å². The lowest BCUT2D eigenvalue weighted by atomic mass is 9.98. The number of rotatable bonds is 6. The largest absolute Gasteiger partial charge is 0.309 e. The van der Waals surface area contributed by atoms with Crippen LogP contribution in [0.5, 0.6) is 0 Å². The predicted molar refractivity (Wildman–Crippen MR) is 240 cm³/mol. The lowest BCUT2D eigenvalue weighted by Gasteiger charge is -2.27. The number of anilines is 3. The molecular weight excluding hydrogens is 705 g/mol. The molecule has 0 saturated heterocycles. The fourth-order valence-electron chi connectivity index (χ4n) is 8.47. The van der Waals surface area contributed by atoms with Crippen molar-refractivity contribution in [3.63, 3.8) is 0 Å². The summed E-state index contributed by atoms with van der Waals surface area (Å²) in [6.07, 6.45) is 0. The highest BCUT2D eigenvalue weighted by molar-refractivity contribution is 6.13. The summed E-state index contributed by atoms with van der Waals surface area (Å²) in [5.74, 6) is 0.714. The fourth-order valence-corrected chi connectivity index (χ4v) is 8.47. The van der Waals surface area contributed by atoms with E-state index in [9.17, 15) is 0 Å². The molecule has 10 aromatic rings. The van der Waals surface area contributed by atoms with Crippen molar-refractivity contribution in [1.29, 1.82) is 0 Å². The van der Waals surface area contributed by atoms with Crippen LogP contribution in [-0.2, 0) is 0 Å². The van der Waals surface area contributed by atoms with Crippen molar-refractivity contribution >= 4 is 28.0 Å². The molecule has 0 aliphatic carbocycles. The third-order valence-electron chi connectivity index (χ3n) is 11.2. The monoisotopic (exact) mass is 740 g/mol. The van der Waals surface area contributed by atoms with Gasteiger partial charge in [-0.3, -0.25) is 0 Å². The van der Waals surface area contributed by atoms with Gasteiger partial charge in [-0.25, -0.2) is 9.97 Å². The van der Waals surface area contributed by atoms with Crippen LogP contribution < -0.4 is 4.90 Å². The topological polar surface area (TPSA) is 34.0 Å². The molecule has 0 spiro atoms. The molecule has 2 aromatic heterocycles. The van der Waals surface area contributed by atoms with Gasteiger partial charge in [-0.05, 0) is 59.7 Å². The first-order chi connectivity index (χ1) is 28.8. The SMILES string of the molecule is c1ccc(-c2cc(-c3ccc(-c4ccc(-n5c6c(c7ccccc75)-c5ccccc5N(c5ccccc5)c5ccccc5-6)cc4)cc3)nc(-c3ccccc3)n2)cc1. The molecule has 58 heavy (non-hydrogen) atoms. The molecule has 0 unspecified atom stereocenters. The third-order valence-corrected chi connectivity index (χ3v) is 11.2. The fraction of sp³-hybridized carbons (Fsp3) is 0. The molecule has 0 atom stereocenters. The van der Waals surface area contributed by atoms with E-state index in [1.165, 1.54) is 33.3 Å². The van der Waals surface area contributed by atoms with Gasteiger partial charge in [0.15, 0.2) is 5.82 Å². The lowest BCUT2D eigenvalue weighted by molar-refractivity contribution is 1.13. The van der Waals surface area contributed by atoms with E-state index >= 15 is 0 Å². The second-order valence-electron chi connectivity index (χ2n) is 14.6. The quantitative estimate of drug-likeness (QED) is 0.170. The van der Waals surface area contributed by atoms with Crippen LogP contribution in [-0.4, -0.2) is 14.5 Å². The Morgan fingerprint density at radius 2 is 0.828 bits per heavy atom. The van der Waals surface area contributed by atoms with Crippen molar-refractivity contribution in [2.75, 3.05) is 4.90 Å². The molecule has 0 N–H and O–H groups in total. The van der Waals surface area contributed by atoms with E-state index in [0.717, 1.165) is 62.0 Å². The number of para-hydroxylation sites is 4. The number of fused-ring (bicyclic) bond motifs is 7. The van der Waals surface area contributed by atoms with Crippen LogP contribution in [0.2, 0.25) is 0 Å². The number of benzene rings is 8. The minimum absolute atomic E-state index is 0.714.